The second-order valence-corrected chi connectivity index (χ2v) is 7.64. The molecule has 4 atom stereocenters. The quantitative estimate of drug-likeness (QED) is 0.437. The van der Waals surface area contributed by atoms with Crippen LogP contribution in [0.5, 0.6) is 0 Å². The van der Waals surface area contributed by atoms with E-state index in [1.165, 1.54) is 0 Å². The van der Waals surface area contributed by atoms with Crippen molar-refractivity contribution >= 4 is 5.97 Å². The molecule has 1 aliphatic rings. The zero-order valence-electron chi connectivity index (χ0n) is 17.7. The molecule has 0 N–H and O–H groups in total. The molecule has 1 saturated heterocycles. The summed E-state index contributed by atoms with van der Waals surface area (Å²) >= 11 is 0. The minimum Gasteiger partial charge on any atom is -0.466 e. The van der Waals surface area contributed by atoms with Crippen LogP contribution in [0, 0.1) is 5.41 Å². The molecule has 1 aromatic carbocycles. The van der Waals surface area contributed by atoms with Gasteiger partial charge in [-0.1, -0.05) is 37.3 Å². The molecule has 6 heteroatoms. The van der Waals surface area contributed by atoms with Crippen molar-refractivity contribution in [3.8, 4) is 0 Å². The van der Waals surface area contributed by atoms with Crippen molar-refractivity contribution in [2.24, 2.45) is 5.41 Å². The second kappa shape index (κ2) is 10.9. The Hall–Kier alpha value is -1.47. The topological polar surface area (TPSA) is 63.2 Å². The first kappa shape index (κ1) is 22.8. The second-order valence-electron chi connectivity index (χ2n) is 7.64. The maximum atomic E-state index is 12.5. The standard InChI is InChI=1S/C22H34O6/c1-6-17-13-18(28-20(27-17)16-11-9-8-10-12-16)14-19(26-15-24-5)22(3,4)21(23)25-7-2/h8-12,17-20H,6-7,13-15H2,1-5H3/t17-,18-,19+,20-/m1/s1. The van der Waals surface area contributed by atoms with Crippen LogP contribution in [-0.2, 0) is 28.5 Å². The van der Waals surface area contributed by atoms with Crippen molar-refractivity contribution in [2.75, 3.05) is 20.5 Å². The Morgan fingerprint density at radius 1 is 1.18 bits per heavy atom. The van der Waals surface area contributed by atoms with Crippen LogP contribution in [0.25, 0.3) is 0 Å². The van der Waals surface area contributed by atoms with Gasteiger partial charge in [0.15, 0.2) is 6.29 Å². The van der Waals surface area contributed by atoms with Crippen molar-refractivity contribution in [2.45, 2.75) is 71.6 Å². The molecular weight excluding hydrogens is 360 g/mol. The zero-order valence-corrected chi connectivity index (χ0v) is 17.7. The molecule has 158 valence electrons. The third-order valence-electron chi connectivity index (χ3n) is 5.16. The van der Waals surface area contributed by atoms with E-state index in [9.17, 15) is 4.79 Å². The molecule has 6 nitrogen and oxygen atoms in total. The molecule has 0 radical (unpaired) electrons. The van der Waals surface area contributed by atoms with Crippen molar-refractivity contribution in [1.82, 2.24) is 0 Å². The number of rotatable bonds is 10. The largest absolute Gasteiger partial charge is 0.466 e. The SMILES string of the molecule is CCOC(=O)C(C)(C)[C@H](C[C@H]1C[C@@H](CC)O[C@@H](c2ccccc2)O1)OCOC. The lowest BCUT2D eigenvalue weighted by molar-refractivity contribution is -0.257. The van der Waals surface area contributed by atoms with E-state index in [2.05, 4.69) is 6.92 Å². The van der Waals surface area contributed by atoms with E-state index in [4.69, 9.17) is 23.7 Å². The fourth-order valence-electron chi connectivity index (χ4n) is 3.38. The van der Waals surface area contributed by atoms with Gasteiger partial charge in [0.05, 0.1) is 30.3 Å². The van der Waals surface area contributed by atoms with Crippen LogP contribution in [-0.4, -0.2) is 44.8 Å². The third-order valence-corrected chi connectivity index (χ3v) is 5.16. The van der Waals surface area contributed by atoms with Gasteiger partial charge in [0.2, 0.25) is 0 Å². The Labute approximate surface area is 168 Å². The molecule has 0 unspecified atom stereocenters. The van der Waals surface area contributed by atoms with E-state index < -0.39 is 17.8 Å². The van der Waals surface area contributed by atoms with Crippen LogP contribution in [0.3, 0.4) is 0 Å². The summed E-state index contributed by atoms with van der Waals surface area (Å²) in [5.74, 6) is -0.283. The number of hydrogen-bond donors (Lipinski definition) is 0. The lowest BCUT2D eigenvalue weighted by Crippen LogP contribution is -2.45. The van der Waals surface area contributed by atoms with Crippen molar-refractivity contribution in [1.29, 1.82) is 0 Å². The Kier molecular flexibility index (Phi) is 8.89. The van der Waals surface area contributed by atoms with Gasteiger partial charge >= 0.3 is 5.97 Å². The average molecular weight is 395 g/mol. The third kappa shape index (κ3) is 6.01. The lowest BCUT2D eigenvalue weighted by Gasteiger charge is -2.39. The minimum atomic E-state index is -0.819. The van der Waals surface area contributed by atoms with Gasteiger partial charge in [-0.15, -0.1) is 0 Å². The number of carbonyl (C=O) groups excluding carboxylic acids is 1. The molecule has 0 saturated carbocycles. The summed E-state index contributed by atoms with van der Waals surface area (Å²) in [6, 6.07) is 9.92. The van der Waals surface area contributed by atoms with E-state index in [1.807, 2.05) is 44.2 Å². The summed E-state index contributed by atoms with van der Waals surface area (Å²) in [5, 5.41) is 0. The monoisotopic (exact) mass is 394 g/mol. The van der Waals surface area contributed by atoms with Crippen LogP contribution in [0.15, 0.2) is 30.3 Å². The van der Waals surface area contributed by atoms with Crippen molar-refractivity contribution in [3.63, 3.8) is 0 Å². The number of hydrogen-bond acceptors (Lipinski definition) is 6. The van der Waals surface area contributed by atoms with Crippen LogP contribution >= 0.6 is 0 Å². The zero-order chi connectivity index (χ0) is 20.6. The Morgan fingerprint density at radius 3 is 2.46 bits per heavy atom. The first-order valence-corrected chi connectivity index (χ1v) is 10.1. The first-order valence-electron chi connectivity index (χ1n) is 10.1. The summed E-state index contributed by atoms with van der Waals surface area (Å²) in [7, 11) is 1.57. The summed E-state index contributed by atoms with van der Waals surface area (Å²) in [6.45, 7) is 8.04. The molecule has 1 heterocycles. The number of esters is 1. The minimum absolute atomic E-state index is 0.0951. The predicted octanol–water partition coefficient (Wildman–Crippen LogP) is 4.24. The van der Waals surface area contributed by atoms with Gasteiger partial charge in [0.25, 0.3) is 0 Å². The molecule has 0 spiro atoms. The number of ether oxygens (including phenoxy) is 5. The summed E-state index contributed by atoms with van der Waals surface area (Å²) in [4.78, 5) is 12.5. The molecule has 0 bridgehead atoms. The Morgan fingerprint density at radius 2 is 1.86 bits per heavy atom. The van der Waals surface area contributed by atoms with E-state index in [-0.39, 0.29) is 25.0 Å². The molecule has 1 fully saturated rings. The highest BCUT2D eigenvalue weighted by atomic mass is 16.7. The van der Waals surface area contributed by atoms with Gasteiger partial charge in [-0.05, 0) is 27.2 Å². The molecule has 2 rings (SSSR count). The fourth-order valence-corrected chi connectivity index (χ4v) is 3.38. The number of methoxy groups -OCH3 is 1. The summed E-state index contributed by atoms with van der Waals surface area (Å²) in [6.07, 6.45) is 1.39. The molecule has 1 aliphatic heterocycles. The van der Waals surface area contributed by atoms with Crippen LogP contribution in [0.2, 0.25) is 0 Å². The van der Waals surface area contributed by atoms with Gasteiger partial charge < -0.3 is 23.7 Å². The lowest BCUT2D eigenvalue weighted by atomic mass is 9.82. The Bertz CT molecular complexity index is 588. The Balaban J connectivity index is 2.15. The molecule has 0 aromatic heterocycles. The first-order chi connectivity index (χ1) is 13.4. The molecule has 1 aromatic rings. The smallest absolute Gasteiger partial charge is 0.314 e. The number of carbonyl (C=O) groups is 1. The van der Waals surface area contributed by atoms with Crippen molar-refractivity contribution in [3.05, 3.63) is 35.9 Å². The van der Waals surface area contributed by atoms with Gasteiger partial charge in [-0.3, -0.25) is 4.79 Å². The molecule has 0 amide bonds. The summed E-state index contributed by atoms with van der Waals surface area (Å²) in [5.41, 5.74) is 0.171. The van der Waals surface area contributed by atoms with E-state index >= 15 is 0 Å². The van der Waals surface area contributed by atoms with Crippen LogP contribution in [0.4, 0.5) is 0 Å². The van der Waals surface area contributed by atoms with Gasteiger partial charge in [0.1, 0.15) is 6.79 Å². The van der Waals surface area contributed by atoms with Crippen molar-refractivity contribution < 1.29 is 28.5 Å². The van der Waals surface area contributed by atoms with E-state index in [0.717, 1.165) is 18.4 Å². The normalized spacial score (nSPS) is 24.0. The van der Waals surface area contributed by atoms with E-state index in [0.29, 0.717) is 13.0 Å². The maximum absolute atomic E-state index is 12.5. The average Bonchev–Trinajstić information content (AvgIpc) is 2.71. The van der Waals surface area contributed by atoms with Crippen LogP contribution < -0.4 is 0 Å². The van der Waals surface area contributed by atoms with Gasteiger partial charge in [-0.2, -0.15) is 0 Å². The summed E-state index contributed by atoms with van der Waals surface area (Å²) < 4.78 is 28.6. The maximum Gasteiger partial charge on any atom is 0.314 e. The van der Waals surface area contributed by atoms with E-state index in [1.54, 1.807) is 14.0 Å². The molecule has 0 aliphatic carbocycles. The number of benzene rings is 1. The van der Waals surface area contributed by atoms with Gasteiger partial charge in [-0.25, -0.2) is 0 Å². The fraction of sp³-hybridized carbons (Fsp3) is 0.682. The highest BCUT2D eigenvalue weighted by molar-refractivity contribution is 5.76. The van der Waals surface area contributed by atoms with Gasteiger partial charge in [0, 0.05) is 25.5 Å². The molecule has 28 heavy (non-hydrogen) atoms. The van der Waals surface area contributed by atoms with Crippen LogP contribution in [0.1, 0.15) is 58.8 Å². The highest BCUT2D eigenvalue weighted by Crippen LogP contribution is 2.36. The highest BCUT2D eigenvalue weighted by Gasteiger charge is 2.42. The molecular formula is C22H34O6. The predicted molar refractivity (Wildman–Crippen MR) is 106 cm³/mol.